The predicted molar refractivity (Wildman–Crippen MR) is 77.4 cm³/mol. The molecule has 0 saturated heterocycles. The molecule has 1 aromatic heterocycles. The second-order valence-corrected chi connectivity index (χ2v) is 6.03. The highest BCUT2D eigenvalue weighted by Crippen LogP contribution is 2.37. The molecule has 1 amide bonds. The summed E-state index contributed by atoms with van der Waals surface area (Å²) in [5, 5.41) is 6.22. The fourth-order valence-corrected chi connectivity index (χ4v) is 2.78. The molecule has 1 aromatic rings. The van der Waals surface area contributed by atoms with Gasteiger partial charge < -0.3 is 10.6 Å². The van der Waals surface area contributed by atoms with Crippen LogP contribution in [0.2, 0.25) is 0 Å². The van der Waals surface area contributed by atoms with E-state index in [-0.39, 0.29) is 17.4 Å². The molecule has 104 valence electrons. The number of hydrogen-bond donors (Lipinski definition) is 2. The number of hydrogen-bond acceptors (Lipinski definition) is 3. The van der Waals surface area contributed by atoms with Gasteiger partial charge in [0.2, 0.25) is 0 Å². The first-order chi connectivity index (χ1) is 8.94. The van der Waals surface area contributed by atoms with Crippen LogP contribution < -0.4 is 10.6 Å². The van der Waals surface area contributed by atoms with Gasteiger partial charge in [0.05, 0.1) is 11.3 Å². The van der Waals surface area contributed by atoms with Crippen LogP contribution in [0.25, 0.3) is 0 Å². The van der Waals surface area contributed by atoms with E-state index in [1.54, 1.807) is 6.20 Å². The van der Waals surface area contributed by atoms with E-state index >= 15 is 0 Å². The maximum Gasteiger partial charge on any atom is 0.255 e. The average molecular weight is 261 g/mol. The van der Waals surface area contributed by atoms with Crippen LogP contribution in [-0.4, -0.2) is 24.0 Å². The highest BCUT2D eigenvalue weighted by molar-refractivity contribution is 5.99. The Morgan fingerprint density at radius 1 is 1.47 bits per heavy atom. The molecular formula is C15H23N3O. The van der Waals surface area contributed by atoms with Crippen molar-refractivity contribution >= 4 is 11.6 Å². The Balaban J connectivity index is 2.16. The standard InChI is InChI=1S/C15H23N3O/c1-10-8-12(16-4)11(9-17-10)14(19)18-13-6-5-7-15(13,2)3/h8-9,13H,5-7H2,1-4H3,(H,16,17)(H,18,19). The number of carbonyl (C=O) groups excluding carboxylic acids is 1. The van der Waals surface area contributed by atoms with Gasteiger partial charge in [0.25, 0.3) is 5.91 Å². The lowest BCUT2D eigenvalue weighted by atomic mass is 9.87. The molecule has 0 aliphatic heterocycles. The maximum atomic E-state index is 12.4. The number of aromatic nitrogens is 1. The molecule has 1 aliphatic rings. The SMILES string of the molecule is CNc1cc(C)ncc1C(=O)NC1CCCC1(C)C. The molecule has 1 unspecified atom stereocenters. The van der Waals surface area contributed by atoms with Gasteiger partial charge in [-0.05, 0) is 31.2 Å². The van der Waals surface area contributed by atoms with Crippen molar-refractivity contribution in [2.45, 2.75) is 46.1 Å². The molecule has 4 heteroatoms. The quantitative estimate of drug-likeness (QED) is 0.879. The molecule has 19 heavy (non-hydrogen) atoms. The lowest BCUT2D eigenvalue weighted by Gasteiger charge is -2.28. The third-order valence-electron chi connectivity index (χ3n) is 4.12. The highest BCUT2D eigenvalue weighted by atomic mass is 16.1. The first-order valence-corrected chi connectivity index (χ1v) is 6.89. The minimum absolute atomic E-state index is 0.0307. The molecule has 1 saturated carbocycles. The van der Waals surface area contributed by atoms with E-state index in [4.69, 9.17) is 0 Å². The van der Waals surface area contributed by atoms with Gasteiger partial charge in [0.15, 0.2) is 0 Å². The van der Waals surface area contributed by atoms with Crippen LogP contribution in [0.1, 0.15) is 49.2 Å². The van der Waals surface area contributed by atoms with E-state index in [1.807, 2.05) is 20.0 Å². The summed E-state index contributed by atoms with van der Waals surface area (Å²) in [6, 6.07) is 2.15. The zero-order valence-electron chi connectivity index (χ0n) is 12.2. The van der Waals surface area contributed by atoms with E-state index in [0.29, 0.717) is 5.56 Å². The number of pyridine rings is 1. The van der Waals surface area contributed by atoms with Crippen LogP contribution >= 0.6 is 0 Å². The molecule has 1 atom stereocenters. The molecule has 0 aromatic carbocycles. The van der Waals surface area contributed by atoms with Crippen molar-refractivity contribution < 1.29 is 4.79 Å². The summed E-state index contributed by atoms with van der Waals surface area (Å²) < 4.78 is 0. The summed E-state index contributed by atoms with van der Waals surface area (Å²) in [6.45, 7) is 6.36. The largest absolute Gasteiger partial charge is 0.387 e. The molecular weight excluding hydrogens is 238 g/mol. The highest BCUT2D eigenvalue weighted by Gasteiger charge is 2.35. The number of anilines is 1. The first kappa shape index (κ1) is 13.8. The Labute approximate surface area is 115 Å². The molecule has 2 N–H and O–H groups in total. The Morgan fingerprint density at radius 3 is 2.79 bits per heavy atom. The Kier molecular flexibility index (Phi) is 3.78. The Bertz CT molecular complexity index is 482. The van der Waals surface area contributed by atoms with Gasteiger partial charge in [-0.25, -0.2) is 0 Å². The molecule has 1 aliphatic carbocycles. The number of nitrogens with zero attached hydrogens (tertiary/aromatic N) is 1. The van der Waals surface area contributed by atoms with E-state index in [2.05, 4.69) is 29.5 Å². The van der Waals surface area contributed by atoms with Gasteiger partial charge in [0, 0.05) is 25.0 Å². The summed E-state index contributed by atoms with van der Waals surface area (Å²) in [5.41, 5.74) is 2.55. The van der Waals surface area contributed by atoms with Crippen LogP contribution in [0, 0.1) is 12.3 Å². The minimum Gasteiger partial charge on any atom is -0.387 e. The van der Waals surface area contributed by atoms with Crippen LogP contribution in [0.5, 0.6) is 0 Å². The van der Waals surface area contributed by atoms with Gasteiger partial charge in [-0.2, -0.15) is 0 Å². The van der Waals surface area contributed by atoms with Gasteiger partial charge in [-0.3, -0.25) is 9.78 Å². The van der Waals surface area contributed by atoms with Crippen molar-refractivity contribution in [2.24, 2.45) is 5.41 Å². The summed E-state index contributed by atoms with van der Waals surface area (Å²) in [4.78, 5) is 16.6. The van der Waals surface area contributed by atoms with Crippen molar-refractivity contribution in [2.75, 3.05) is 12.4 Å². The lowest BCUT2D eigenvalue weighted by Crippen LogP contribution is -2.41. The van der Waals surface area contributed by atoms with Gasteiger partial charge in [0.1, 0.15) is 0 Å². The van der Waals surface area contributed by atoms with Crippen molar-refractivity contribution in [3.8, 4) is 0 Å². The van der Waals surface area contributed by atoms with E-state index in [9.17, 15) is 4.79 Å². The van der Waals surface area contributed by atoms with E-state index in [1.165, 1.54) is 12.8 Å². The monoisotopic (exact) mass is 261 g/mol. The molecule has 2 rings (SSSR count). The first-order valence-electron chi connectivity index (χ1n) is 6.89. The second-order valence-electron chi connectivity index (χ2n) is 6.03. The molecule has 0 bridgehead atoms. The summed E-state index contributed by atoms with van der Waals surface area (Å²) in [7, 11) is 1.82. The number of rotatable bonds is 3. The fraction of sp³-hybridized carbons (Fsp3) is 0.600. The number of aryl methyl sites for hydroxylation is 1. The summed E-state index contributed by atoms with van der Waals surface area (Å²) in [5.74, 6) is -0.0307. The Hall–Kier alpha value is -1.58. The third-order valence-corrected chi connectivity index (χ3v) is 4.12. The van der Waals surface area contributed by atoms with Crippen molar-refractivity contribution in [1.82, 2.24) is 10.3 Å². The lowest BCUT2D eigenvalue weighted by molar-refractivity contribution is 0.0910. The molecule has 0 radical (unpaired) electrons. The summed E-state index contributed by atoms with van der Waals surface area (Å²) >= 11 is 0. The van der Waals surface area contributed by atoms with Crippen molar-refractivity contribution in [3.05, 3.63) is 23.5 Å². The smallest absolute Gasteiger partial charge is 0.255 e. The van der Waals surface area contributed by atoms with Crippen LogP contribution in [0.4, 0.5) is 5.69 Å². The van der Waals surface area contributed by atoms with E-state index < -0.39 is 0 Å². The zero-order chi connectivity index (χ0) is 14.0. The Morgan fingerprint density at radius 2 is 2.21 bits per heavy atom. The molecule has 1 fully saturated rings. The normalized spacial score (nSPS) is 21.2. The van der Waals surface area contributed by atoms with Crippen LogP contribution in [0.15, 0.2) is 12.3 Å². The van der Waals surface area contributed by atoms with Crippen LogP contribution in [0.3, 0.4) is 0 Å². The fourth-order valence-electron chi connectivity index (χ4n) is 2.78. The molecule has 0 spiro atoms. The average Bonchev–Trinajstić information content (AvgIpc) is 2.68. The molecule has 4 nitrogen and oxygen atoms in total. The topological polar surface area (TPSA) is 54.0 Å². The van der Waals surface area contributed by atoms with Crippen LogP contribution in [-0.2, 0) is 0 Å². The van der Waals surface area contributed by atoms with E-state index in [0.717, 1.165) is 17.8 Å². The number of amides is 1. The van der Waals surface area contributed by atoms with Crippen molar-refractivity contribution in [1.29, 1.82) is 0 Å². The summed E-state index contributed by atoms with van der Waals surface area (Å²) in [6.07, 6.45) is 5.07. The van der Waals surface area contributed by atoms with Gasteiger partial charge in [-0.1, -0.05) is 20.3 Å². The second kappa shape index (κ2) is 5.19. The predicted octanol–water partition coefficient (Wildman–Crippen LogP) is 2.74. The van der Waals surface area contributed by atoms with Crippen molar-refractivity contribution in [3.63, 3.8) is 0 Å². The van der Waals surface area contributed by atoms with Gasteiger partial charge in [-0.15, -0.1) is 0 Å². The number of nitrogens with one attached hydrogen (secondary N) is 2. The zero-order valence-corrected chi connectivity index (χ0v) is 12.2. The number of carbonyl (C=O) groups is 1. The van der Waals surface area contributed by atoms with Gasteiger partial charge >= 0.3 is 0 Å². The molecule has 1 heterocycles. The third kappa shape index (κ3) is 2.88. The maximum absolute atomic E-state index is 12.4. The minimum atomic E-state index is -0.0307.